The Morgan fingerprint density at radius 2 is 2.05 bits per heavy atom. The maximum atomic E-state index is 12.2. The summed E-state index contributed by atoms with van der Waals surface area (Å²) in [6, 6.07) is 0.291. The van der Waals surface area contributed by atoms with Crippen LogP contribution in [-0.4, -0.2) is 30.7 Å². The molecular formula is C14H27ClN2O2. The Morgan fingerprint density at radius 1 is 1.32 bits per heavy atom. The molecule has 0 radical (unpaired) electrons. The first kappa shape index (κ1) is 16.7. The van der Waals surface area contributed by atoms with Crippen LogP contribution in [-0.2, 0) is 9.53 Å². The summed E-state index contributed by atoms with van der Waals surface area (Å²) in [6.07, 6.45) is 6.26. The van der Waals surface area contributed by atoms with Gasteiger partial charge in [-0.2, -0.15) is 0 Å². The van der Waals surface area contributed by atoms with Crippen molar-refractivity contribution in [2.24, 2.45) is 11.1 Å². The third kappa shape index (κ3) is 4.07. The molecule has 1 aliphatic carbocycles. The third-order valence-corrected chi connectivity index (χ3v) is 4.49. The Bertz CT molecular complexity index is 310. The van der Waals surface area contributed by atoms with Crippen LogP contribution >= 0.6 is 12.4 Å². The normalized spacial score (nSPS) is 33.5. The number of hydrogen-bond acceptors (Lipinski definition) is 3. The van der Waals surface area contributed by atoms with Crippen molar-refractivity contribution >= 4 is 18.3 Å². The van der Waals surface area contributed by atoms with Gasteiger partial charge in [-0.25, -0.2) is 0 Å². The van der Waals surface area contributed by atoms with E-state index in [1.54, 1.807) is 0 Å². The van der Waals surface area contributed by atoms with Crippen LogP contribution in [0.1, 0.15) is 52.4 Å². The molecule has 5 heteroatoms. The summed E-state index contributed by atoms with van der Waals surface area (Å²) in [5, 5.41) is 3.19. The quantitative estimate of drug-likeness (QED) is 0.835. The number of nitrogens with one attached hydrogen (secondary N) is 1. The Labute approximate surface area is 122 Å². The molecule has 0 aromatic carbocycles. The van der Waals surface area contributed by atoms with E-state index in [1.807, 2.05) is 0 Å². The molecule has 1 saturated heterocycles. The molecule has 1 saturated carbocycles. The van der Waals surface area contributed by atoms with E-state index in [0.717, 1.165) is 19.3 Å². The zero-order chi connectivity index (χ0) is 13.2. The molecule has 0 aromatic heterocycles. The SMILES string of the molecule is CC1(C)CCCCC1NC(=O)[C@@H]1CC[C@H](CN)O1.Cl. The fourth-order valence-electron chi connectivity index (χ4n) is 3.10. The molecule has 0 spiro atoms. The fraction of sp³-hybridized carbons (Fsp3) is 0.929. The summed E-state index contributed by atoms with van der Waals surface area (Å²) < 4.78 is 5.65. The largest absolute Gasteiger partial charge is 0.364 e. The van der Waals surface area contributed by atoms with Crippen LogP contribution in [0, 0.1) is 5.41 Å². The fourth-order valence-corrected chi connectivity index (χ4v) is 3.10. The minimum Gasteiger partial charge on any atom is -0.364 e. The van der Waals surface area contributed by atoms with E-state index >= 15 is 0 Å². The van der Waals surface area contributed by atoms with Crippen LogP contribution in [0.2, 0.25) is 0 Å². The van der Waals surface area contributed by atoms with Crippen molar-refractivity contribution in [2.75, 3.05) is 6.54 Å². The molecule has 1 aliphatic heterocycles. The topological polar surface area (TPSA) is 64.4 Å². The molecule has 2 rings (SSSR count). The van der Waals surface area contributed by atoms with Gasteiger partial charge in [0.25, 0.3) is 0 Å². The molecule has 112 valence electrons. The Hall–Kier alpha value is -0.320. The second-order valence-electron chi connectivity index (χ2n) is 6.36. The van der Waals surface area contributed by atoms with Gasteiger partial charge >= 0.3 is 0 Å². The Morgan fingerprint density at radius 3 is 2.63 bits per heavy atom. The first-order valence-electron chi connectivity index (χ1n) is 7.19. The monoisotopic (exact) mass is 290 g/mol. The van der Waals surface area contributed by atoms with Gasteiger partial charge in [0, 0.05) is 12.6 Å². The lowest BCUT2D eigenvalue weighted by Gasteiger charge is -2.39. The van der Waals surface area contributed by atoms with Crippen LogP contribution in [0.15, 0.2) is 0 Å². The van der Waals surface area contributed by atoms with E-state index in [0.29, 0.717) is 12.6 Å². The molecule has 4 nitrogen and oxygen atoms in total. The van der Waals surface area contributed by atoms with Gasteiger partial charge in [-0.1, -0.05) is 26.7 Å². The van der Waals surface area contributed by atoms with Crippen LogP contribution in [0.3, 0.4) is 0 Å². The van der Waals surface area contributed by atoms with E-state index in [4.69, 9.17) is 10.5 Å². The van der Waals surface area contributed by atoms with Gasteiger partial charge < -0.3 is 15.8 Å². The molecule has 1 unspecified atom stereocenters. The zero-order valence-corrected chi connectivity index (χ0v) is 12.8. The molecule has 2 fully saturated rings. The van der Waals surface area contributed by atoms with Gasteiger partial charge in [0.15, 0.2) is 0 Å². The van der Waals surface area contributed by atoms with Gasteiger partial charge in [0.2, 0.25) is 5.91 Å². The average Bonchev–Trinajstić information content (AvgIpc) is 2.80. The number of ether oxygens (including phenoxy) is 1. The van der Waals surface area contributed by atoms with E-state index in [2.05, 4.69) is 19.2 Å². The van der Waals surface area contributed by atoms with Crippen LogP contribution in [0.5, 0.6) is 0 Å². The van der Waals surface area contributed by atoms with E-state index in [1.165, 1.54) is 19.3 Å². The maximum Gasteiger partial charge on any atom is 0.249 e. The number of rotatable bonds is 3. The van der Waals surface area contributed by atoms with Gasteiger partial charge in [-0.15, -0.1) is 12.4 Å². The Kier molecular flexibility index (Phi) is 6.09. The molecule has 3 atom stereocenters. The lowest BCUT2D eigenvalue weighted by molar-refractivity contribution is -0.133. The lowest BCUT2D eigenvalue weighted by atomic mass is 9.73. The first-order chi connectivity index (χ1) is 8.53. The standard InChI is InChI=1S/C14H26N2O2.ClH/c1-14(2)8-4-3-5-12(14)16-13(17)11-7-6-10(9-15)18-11;/h10-12H,3-9,15H2,1-2H3,(H,16,17);1H/t10-,11+,12?;/m1./s1. The molecule has 19 heavy (non-hydrogen) atoms. The highest BCUT2D eigenvalue weighted by atomic mass is 35.5. The van der Waals surface area contributed by atoms with Crippen molar-refractivity contribution in [1.82, 2.24) is 5.32 Å². The molecule has 3 N–H and O–H groups in total. The van der Waals surface area contributed by atoms with Gasteiger partial charge in [-0.05, 0) is 31.1 Å². The number of carbonyl (C=O) groups is 1. The predicted molar refractivity (Wildman–Crippen MR) is 78.4 cm³/mol. The van der Waals surface area contributed by atoms with E-state index in [-0.39, 0.29) is 35.9 Å². The van der Waals surface area contributed by atoms with Crippen LogP contribution < -0.4 is 11.1 Å². The minimum absolute atomic E-state index is 0. The zero-order valence-electron chi connectivity index (χ0n) is 12.0. The molecular weight excluding hydrogens is 264 g/mol. The van der Waals surface area contributed by atoms with Crippen molar-refractivity contribution in [1.29, 1.82) is 0 Å². The Balaban J connectivity index is 0.00000180. The summed E-state index contributed by atoms with van der Waals surface area (Å²) in [6.45, 7) is 5.00. The highest BCUT2D eigenvalue weighted by Gasteiger charge is 2.36. The summed E-state index contributed by atoms with van der Waals surface area (Å²) >= 11 is 0. The molecule has 0 bridgehead atoms. The summed E-state index contributed by atoms with van der Waals surface area (Å²) in [4.78, 5) is 12.2. The van der Waals surface area contributed by atoms with Crippen LogP contribution in [0.4, 0.5) is 0 Å². The van der Waals surface area contributed by atoms with Gasteiger partial charge in [0.1, 0.15) is 6.10 Å². The number of nitrogens with two attached hydrogens (primary N) is 1. The second-order valence-corrected chi connectivity index (χ2v) is 6.36. The molecule has 0 aromatic rings. The number of hydrogen-bond donors (Lipinski definition) is 2. The van der Waals surface area contributed by atoms with Crippen molar-refractivity contribution in [3.8, 4) is 0 Å². The number of halogens is 1. The van der Waals surface area contributed by atoms with Crippen molar-refractivity contribution < 1.29 is 9.53 Å². The molecule has 1 amide bonds. The number of carbonyl (C=O) groups excluding carboxylic acids is 1. The summed E-state index contributed by atoms with van der Waals surface area (Å²) in [7, 11) is 0. The predicted octanol–water partition coefficient (Wildman–Crippen LogP) is 2.00. The smallest absolute Gasteiger partial charge is 0.249 e. The highest BCUT2D eigenvalue weighted by molar-refractivity contribution is 5.85. The maximum absolute atomic E-state index is 12.2. The number of amides is 1. The van der Waals surface area contributed by atoms with E-state index in [9.17, 15) is 4.79 Å². The van der Waals surface area contributed by atoms with E-state index < -0.39 is 0 Å². The van der Waals surface area contributed by atoms with Crippen molar-refractivity contribution in [2.45, 2.75) is 70.6 Å². The molecule has 1 heterocycles. The third-order valence-electron chi connectivity index (χ3n) is 4.49. The van der Waals surface area contributed by atoms with Crippen molar-refractivity contribution in [3.63, 3.8) is 0 Å². The minimum atomic E-state index is -0.281. The average molecular weight is 291 g/mol. The highest BCUT2D eigenvalue weighted by Crippen LogP contribution is 2.35. The first-order valence-corrected chi connectivity index (χ1v) is 7.19. The lowest BCUT2D eigenvalue weighted by Crippen LogP contribution is -2.50. The second kappa shape index (κ2) is 6.91. The van der Waals surface area contributed by atoms with Gasteiger partial charge in [0.05, 0.1) is 6.10 Å². The van der Waals surface area contributed by atoms with Crippen molar-refractivity contribution in [3.05, 3.63) is 0 Å². The van der Waals surface area contributed by atoms with Gasteiger partial charge in [-0.3, -0.25) is 4.79 Å². The van der Waals surface area contributed by atoms with Crippen LogP contribution in [0.25, 0.3) is 0 Å². The molecule has 2 aliphatic rings. The summed E-state index contributed by atoms with van der Waals surface area (Å²) in [5.74, 6) is 0.0610. The summed E-state index contributed by atoms with van der Waals surface area (Å²) in [5.41, 5.74) is 5.77.